The van der Waals surface area contributed by atoms with Crippen molar-refractivity contribution < 1.29 is 4.79 Å². The third-order valence-corrected chi connectivity index (χ3v) is 3.84. The van der Waals surface area contributed by atoms with E-state index in [1.54, 1.807) is 6.08 Å². The fraction of sp³-hybridized carbons (Fsp3) is 0.438. The van der Waals surface area contributed by atoms with Gasteiger partial charge in [0.05, 0.1) is 0 Å². The lowest BCUT2D eigenvalue weighted by molar-refractivity contribution is -0.128. The van der Waals surface area contributed by atoms with E-state index >= 15 is 0 Å². The van der Waals surface area contributed by atoms with Gasteiger partial charge in [0.15, 0.2) is 0 Å². The van der Waals surface area contributed by atoms with Crippen molar-refractivity contribution in [3.05, 3.63) is 35.9 Å². The van der Waals surface area contributed by atoms with Crippen LogP contribution in [0.5, 0.6) is 0 Å². The number of hydrogen-bond acceptors (Lipinski definition) is 3. The number of carbonyl (C=O) groups is 1. The molecule has 0 spiro atoms. The molecule has 1 aromatic carbocycles. The third-order valence-electron chi connectivity index (χ3n) is 3.84. The van der Waals surface area contributed by atoms with Gasteiger partial charge in [0.1, 0.15) is 0 Å². The largest absolute Gasteiger partial charge is 0.399 e. The number of carbonyl (C=O) groups excluding carboxylic acids is 1. The number of rotatable bonds is 3. The number of anilines is 1. The summed E-state index contributed by atoms with van der Waals surface area (Å²) >= 11 is 0. The van der Waals surface area contributed by atoms with Crippen LogP contribution in [0.1, 0.15) is 19.4 Å². The maximum atomic E-state index is 12.2. The Kier molecular flexibility index (Phi) is 4.79. The highest BCUT2D eigenvalue weighted by Gasteiger charge is 2.24. The first-order valence-electron chi connectivity index (χ1n) is 7.16. The second kappa shape index (κ2) is 6.57. The SMILES string of the molecule is CCN1CCN(C(=O)/C=C/c2ccc(N)cc2)CC1C. The molecular weight excluding hydrogens is 250 g/mol. The van der Waals surface area contributed by atoms with Crippen molar-refractivity contribution in [2.24, 2.45) is 0 Å². The highest BCUT2D eigenvalue weighted by atomic mass is 16.2. The summed E-state index contributed by atoms with van der Waals surface area (Å²) in [5.74, 6) is 0.0874. The predicted molar refractivity (Wildman–Crippen MR) is 83.2 cm³/mol. The molecule has 1 aromatic rings. The van der Waals surface area contributed by atoms with Crippen molar-refractivity contribution in [2.45, 2.75) is 19.9 Å². The highest BCUT2D eigenvalue weighted by molar-refractivity contribution is 5.91. The van der Waals surface area contributed by atoms with E-state index in [2.05, 4.69) is 18.7 Å². The van der Waals surface area contributed by atoms with Crippen LogP contribution in [0.2, 0.25) is 0 Å². The van der Waals surface area contributed by atoms with Crippen molar-refractivity contribution >= 4 is 17.7 Å². The Balaban J connectivity index is 1.93. The maximum absolute atomic E-state index is 12.2. The summed E-state index contributed by atoms with van der Waals surface area (Å²) in [5.41, 5.74) is 7.36. The van der Waals surface area contributed by atoms with Gasteiger partial charge in [-0.2, -0.15) is 0 Å². The minimum Gasteiger partial charge on any atom is -0.399 e. The molecule has 20 heavy (non-hydrogen) atoms. The molecule has 1 fully saturated rings. The van der Waals surface area contributed by atoms with Gasteiger partial charge >= 0.3 is 0 Å². The molecule has 2 N–H and O–H groups in total. The van der Waals surface area contributed by atoms with E-state index in [9.17, 15) is 4.79 Å². The Hall–Kier alpha value is -1.81. The van der Waals surface area contributed by atoms with Crippen LogP contribution in [-0.4, -0.2) is 47.9 Å². The highest BCUT2D eigenvalue weighted by Crippen LogP contribution is 2.11. The van der Waals surface area contributed by atoms with Crippen molar-refractivity contribution in [3.8, 4) is 0 Å². The molecule has 0 bridgehead atoms. The second-order valence-electron chi connectivity index (χ2n) is 5.26. The zero-order chi connectivity index (χ0) is 14.5. The second-order valence-corrected chi connectivity index (χ2v) is 5.26. The molecule has 1 saturated heterocycles. The number of nitrogens with zero attached hydrogens (tertiary/aromatic N) is 2. The van der Waals surface area contributed by atoms with E-state index in [4.69, 9.17) is 5.73 Å². The van der Waals surface area contributed by atoms with Gasteiger partial charge in [-0.25, -0.2) is 0 Å². The monoisotopic (exact) mass is 273 g/mol. The number of piperazine rings is 1. The molecule has 0 radical (unpaired) electrons. The van der Waals surface area contributed by atoms with Crippen LogP contribution in [0.25, 0.3) is 6.08 Å². The first-order chi connectivity index (χ1) is 9.60. The van der Waals surface area contributed by atoms with Gasteiger partial charge in [-0.3, -0.25) is 9.69 Å². The molecule has 108 valence electrons. The third kappa shape index (κ3) is 3.61. The zero-order valence-electron chi connectivity index (χ0n) is 12.2. The summed E-state index contributed by atoms with van der Waals surface area (Å²) in [5, 5.41) is 0. The van der Waals surface area contributed by atoms with Crippen molar-refractivity contribution in [3.63, 3.8) is 0 Å². The standard InChI is InChI=1S/C16H23N3O/c1-3-18-10-11-19(12-13(18)2)16(20)9-6-14-4-7-15(17)8-5-14/h4-9,13H,3,10-12,17H2,1-2H3/b9-6+. The molecule has 0 saturated carbocycles. The maximum Gasteiger partial charge on any atom is 0.246 e. The van der Waals surface area contributed by atoms with Gasteiger partial charge in [0.2, 0.25) is 5.91 Å². The lowest BCUT2D eigenvalue weighted by atomic mass is 10.1. The zero-order valence-corrected chi connectivity index (χ0v) is 12.2. The number of nitrogen functional groups attached to an aromatic ring is 1. The summed E-state index contributed by atoms with van der Waals surface area (Å²) in [6, 6.07) is 7.94. The minimum absolute atomic E-state index is 0.0874. The fourth-order valence-corrected chi connectivity index (χ4v) is 2.55. The molecule has 2 rings (SSSR count). The van der Waals surface area contributed by atoms with Crippen molar-refractivity contribution in [1.29, 1.82) is 0 Å². The molecule has 1 aliphatic heterocycles. The van der Waals surface area contributed by atoms with Crippen LogP contribution >= 0.6 is 0 Å². The number of nitrogens with two attached hydrogens (primary N) is 1. The first kappa shape index (κ1) is 14.6. The van der Waals surface area contributed by atoms with Gasteiger partial charge in [-0.15, -0.1) is 0 Å². The smallest absolute Gasteiger partial charge is 0.246 e. The number of likely N-dealkylation sites (N-methyl/N-ethyl adjacent to an activating group) is 1. The molecule has 1 unspecified atom stereocenters. The van der Waals surface area contributed by atoms with Crippen molar-refractivity contribution in [1.82, 2.24) is 9.80 Å². The van der Waals surface area contributed by atoms with Gasteiger partial charge in [0.25, 0.3) is 0 Å². The Bertz CT molecular complexity index is 481. The Labute approximate surface area is 120 Å². The van der Waals surface area contributed by atoms with Gasteiger partial charge in [-0.1, -0.05) is 19.1 Å². The molecule has 0 aromatic heterocycles. The first-order valence-corrected chi connectivity index (χ1v) is 7.16. The van der Waals surface area contributed by atoms with Gasteiger partial charge < -0.3 is 10.6 Å². The van der Waals surface area contributed by atoms with Crippen LogP contribution in [0, 0.1) is 0 Å². The number of hydrogen-bond donors (Lipinski definition) is 1. The van der Waals surface area contributed by atoms with Crippen LogP contribution in [0.15, 0.2) is 30.3 Å². The Morgan fingerprint density at radius 3 is 2.65 bits per heavy atom. The molecule has 4 heteroatoms. The average molecular weight is 273 g/mol. The lowest BCUT2D eigenvalue weighted by Crippen LogP contribution is -2.53. The van der Waals surface area contributed by atoms with E-state index in [0.717, 1.165) is 37.4 Å². The molecular formula is C16H23N3O. The molecule has 1 amide bonds. The van der Waals surface area contributed by atoms with Crippen LogP contribution in [0.3, 0.4) is 0 Å². The van der Waals surface area contributed by atoms with Crippen LogP contribution in [0.4, 0.5) is 5.69 Å². The summed E-state index contributed by atoms with van der Waals surface area (Å²) in [6.45, 7) is 7.95. The molecule has 1 heterocycles. The number of amides is 1. The summed E-state index contributed by atoms with van der Waals surface area (Å²) < 4.78 is 0. The lowest BCUT2D eigenvalue weighted by Gasteiger charge is -2.38. The Morgan fingerprint density at radius 2 is 2.05 bits per heavy atom. The van der Waals surface area contributed by atoms with Crippen molar-refractivity contribution in [2.75, 3.05) is 31.9 Å². The summed E-state index contributed by atoms with van der Waals surface area (Å²) in [7, 11) is 0. The van der Waals surface area contributed by atoms with E-state index in [1.807, 2.05) is 35.2 Å². The Morgan fingerprint density at radius 1 is 1.35 bits per heavy atom. The van der Waals surface area contributed by atoms with E-state index in [0.29, 0.717) is 6.04 Å². The fourth-order valence-electron chi connectivity index (χ4n) is 2.55. The summed E-state index contributed by atoms with van der Waals surface area (Å²) in [6.07, 6.45) is 3.50. The van der Waals surface area contributed by atoms with E-state index in [-0.39, 0.29) is 5.91 Å². The molecule has 0 aliphatic carbocycles. The molecule has 1 aliphatic rings. The molecule has 4 nitrogen and oxygen atoms in total. The average Bonchev–Trinajstić information content (AvgIpc) is 2.46. The normalized spacial score (nSPS) is 20.5. The number of benzene rings is 1. The summed E-state index contributed by atoms with van der Waals surface area (Å²) in [4.78, 5) is 16.5. The predicted octanol–water partition coefficient (Wildman–Crippen LogP) is 1.83. The van der Waals surface area contributed by atoms with E-state index < -0.39 is 0 Å². The van der Waals surface area contributed by atoms with Gasteiger partial charge in [-0.05, 0) is 37.2 Å². The quantitative estimate of drug-likeness (QED) is 0.675. The van der Waals surface area contributed by atoms with E-state index in [1.165, 1.54) is 0 Å². The van der Waals surface area contributed by atoms with Crippen LogP contribution in [-0.2, 0) is 4.79 Å². The minimum atomic E-state index is 0.0874. The molecule has 1 atom stereocenters. The topological polar surface area (TPSA) is 49.6 Å². The van der Waals surface area contributed by atoms with Gasteiger partial charge in [0, 0.05) is 37.4 Å². The van der Waals surface area contributed by atoms with Crippen LogP contribution < -0.4 is 5.73 Å².